The van der Waals surface area contributed by atoms with E-state index in [4.69, 9.17) is 0 Å². The lowest BCUT2D eigenvalue weighted by atomic mass is 9.94. The lowest BCUT2D eigenvalue weighted by Gasteiger charge is -2.12. The summed E-state index contributed by atoms with van der Waals surface area (Å²) in [5, 5.41) is 0. The van der Waals surface area contributed by atoms with Crippen LogP contribution in [0, 0.1) is 17.8 Å². The van der Waals surface area contributed by atoms with Crippen LogP contribution in [-0.2, 0) is 0 Å². The molecule has 0 N–H and O–H groups in total. The topological polar surface area (TPSA) is 0 Å². The second kappa shape index (κ2) is 3.81. The molecule has 0 saturated heterocycles. The standard InChI is InChI=1S/C12H22/c1-2-11(12-8-9-12)5-3-4-10-6-7-10/h10-12H,2-9H2,1H3. The fourth-order valence-electron chi connectivity index (χ4n) is 2.42. The summed E-state index contributed by atoms with van der Waals surface area (Å²) in [6.07, 6.45) is 12.2. The Morgan fingerprint density at radius 1 is 1.17 bits per heavy atom. The summed E-state index contributed by atoms with van der Waals surface area (Å²) in [6, 6.07) is 0. The van der Waals surface area contributed by atoms with Crippen molar-refractivity contribution in [3.05, 3.63) is 0 Å². The van der Waals surface area contributed by atoms with Crippen LogP contribution in [-0.4, -0.2) is 0 Å². The van der Waals surface area contributed by atoms with Gasteiger partial charge in [0, 0.05) is 0 Å². The second-order valence-corrected chi connectivity index (χ2v) is 4.88. The Bertz CT molecular complexity index is 131. The highest BCUT2D eigenvalue weighted by molar-refractivity contribution is 4.81. The second-order valence-electron chi connectivity index (χ2n) is 4.88. The smallest absolute Gasteiger partial charge is 0.0386 e. The molecule has 1 atom stereocenters. The Labute approximate surface area is 76.7 Å². The van der Waals surface area contributed by atoms with Gasteiger partial charge in [0.2, 0.25) is 0 Å². The molecule has 0 aliphatic heterocycles. The summed E-state index contributed by atoms with van der Waals surface area (Å²) >= 11 is 0. The average Bonchev–Trinajstić information content (AvgIpc) is 2.87. The normalized spacial score (nSPS) is 25.8. The van der Waals surface area contributed by atoms with Crippen LogP contribution in [0.15, 0.2) is 0 Å². The van der Waals surface area contributed by atoms with Crippen LogP contribution < -0.4 is 0 Å². The maximum atomic E-state index is 2.38. The minimum atomic E-state index is 1.10. The molecule has 0 aromatic rings. The van der Waals surface area contributed by atoms with Gasteiger partial charge >= 0.3 is 0 Å². The zero-order valence-electron chi connectivity index (χ0n) is 8.39. The molecular formula is C12H22. The highest BCUT2D eigenvalue weighted by atomic mass is 14.4. The molecule has 2 rings (SSSR count). The summed E-state index contributed by atoms with van der Waals surface area (Å²) in [5.74, 6) is 3.40. The van der Waals surface area contributed by atoms with Crippen molar-refractivity contribution < 1.29 is 0 Å². The Morgan fingerprint density at radius 2 is 1.92 bits per heavy atom. The maximum absolute atomic E-state index is 2.38. The molecule has 0 aromatic carbocycles. The zero-order chi connectivity index (χ0) is 8.39. The minimum Gasteiger partial charge on any atom is -0.0651 e. The molecule has 0 bridgehead atoms. The summed E-state index contributed by atoms with van der Waals surface area (Å²) < 4.78 is 0. The number of hydrogen-bond acceptors (Lipinski definition) is 0. The van der Waals surface area contributed by atoms with E-state index in [2.05, 4.69) is 6.92 Å². The molecule has 0 amide bonds. The van der Waals surface area contributed by atoms with Gasteiger partial charge in [-0.1, -0.05) is 45.4 Å². The number of hydrogen-bond donors (Lipinski definition) is 0. The summed E-state index contributed by atoms with van der Waals surface area (Å²) in [4.78, 5) is 0. The molecular weight excluding hydrogens is 144 g/mol. The van der Waals surface area contributed by atoms with Crippen LogP contribution >= 0.6 is 0 Å². The fraction of sp³-hybridized carbons (Fsp3) is 1.00. The monoisotopic (exact) mass is 166 g/mol. The van der Waals surface area contributed by atoms with Crippen molar-refractivity contribution in [2.45, 2.75) is 58.3 Å². The van der Waals surface area contributed by atoms with Gasteiger partial charge in [0.1, 0.15) is 0 Å². The third kappa shape index (κ3) is 2.50. The van der Waals surface area contributed by atoms with Gasteiger partial charge in [-0.15, -0.1) is 0 Å². The molecule has 0 nitrogen and oxygen atoms in total. The van der Waals surface area contributed by atoms with Crippen molar-refractivity contribution in [3.63, 3.8) is 0 Å². The molecule has 2 aliphatic rings. The number of rotatable bonds is 6. The van der Waals surface area contributed by atoms with Crippen LogP contribution in [0.4, 0.5) is 0 Å². The van der Waals surface area contributed by atoms with Gasteiger partial charge in [-0.3, -0.25) is 0 Å². The average molecular weight is 166 g/mol. The van der Waals surface area contributed by atoms with E-state index < -0.39 is 0 Å². The quantitative estimate of drug-likeness (QED) is 0.559. The lowest BCUT2D eigenvalue weighted by Crippen LogP contribution is -2.01. The van der Waals surface area contributed by atoms with Crippen molar-refractivity contribution in [2.75, 3.05) is 0 Å². The van der Waals surface area contributed by atoms with Crippen molar-refractivity contribution in [3.8, 4) is 0 Å². The highest BCUT2D eigenvalue weighted by Crippen LogP contribution is 2.42. The molecule has 0 spiro atoms. The minimum absolute atomic E-state index is 1.10. The summed E-state index contributed by atoms with van der Waals surface area (Å²) in [7, 11) is 0. The molecule has 2 saturated carbocycles. The largest absolute Gasteiger partial charge is 0.0651 e. The van der Waals surface area contributed by atoms with Crippen LogP contribution in [0.3, 0.4) is 0 Å². The zero-order valence-corrected chi connectivity index (χ0v) is 8.39. The highest BCUT2D eigenvalue weighted by Gasteiger charge is 2.29. The van der Waals surface area contributed by atoms with Crippen molar-refractivity contribution in [1.82, 2.24) is 0 Å². The lowest BCUT2D eigenvalue weighted by molar-refractivity contribution is 0.392. The first-order valence-corrected chi connectivity index (χ1v) is 5.90. The van der Waals surface area contributed by atoms with Crippen molar-refractivity contribution in [2.24, 2.45) is 17.8 Å². The van der Waals surface area contributed by atoms with Gasteiger partial charge in [-0.05, 0) is 30.6 Å². The van der Waals surface area contributed by atoms with Crippen LogP contribution in [0.5, 0.6) is 0 Å². The van der Waals surface area contributed by atoms with Gasteiger partial charge in [0.05, 0.1) is 0 Å². The molecule has 2 aliphatic carbocycles. The Morgan fingerprint density at radius 3 is 2.42 bits per heavy atom. The molecule has 70 valence electrons. The third-order valence-corrected chi connectivity index (χ3v) is 3.70. The van der Waals surface area contributed by atoms with Crippen molar-refractivity contribution >= 4 is 0 Å². The molecule has 2 fully saturated rings. The molecule has 0 radical (unpaired) electrons. The third-order valence-electron chi connectivity index (χ3n) is 3.70. The van der Waals surface area contributed by atoms with Crippen molar-refractivity contribution in [1.29, 1.82) is 0 Å². The van der Waals surface area contributed by atoms with Gasteiger partial charge in [-0.2, -0.15) is 0 Å². The fourth-order valence-corrected chi connectivity index (χ4v) is 2.42. The van der Waals surface area contributed by atoms with Gasteiger partial charge in [0.15, 0.2) is 0 Å². The SMILES string of the molecule is CCC(CCCC1CC1)C1CC1. The van der Waals surface area contributed by atoms with E-state index in [1.165, 1.54) is 19.3 Å². The van der Waals surface area contributed by atoms with E-state index in [9.17, 15) is 0 Å². The van der Waals surface area contributed by atoms with E-state index in [0.29, 0.717) is 0 Å². The summed E-state index contributed by atoms with van der Waals surface area (Å²) in [6.45, 7) is 2.38. The maximum Gasteiger partial charge on any atom is -0.0386 e. The predicted molar refractivity (Wildman–Crippen MR) is 53.1 cm³/mol. The molecule has 0 aromatic heterocycles. The Hall–Kier alpha value is 0. The Kier molecular flexibility index (Phi) is 2.73. The van der Waals surface area contributed by atoms with E-state index in [-0.39, 0.29) is 0 Å². The van der Waals surface area contributed by atoms with Gasteiger partial charge in [0.25, 0.3) is 0 Å². The van der Waals surface area contributed by atoms with Crippen LogP contribution in [0.25, 0.3) is 0 Å². The molecule has 0 heterocycles. The van der Waals surface area contributed by atoms with E-state index >= 15 is 0 Å². The van der Waals surface area contributed by atoms with Gasteiger partial charge in [-0.25, -0.2) is 0 Å². The predicted octanol–water partition coefficient (Wildman–Crippen LogP) is 4.00. The van der Waals surface area contributed by atoms with E-state index in [1.54, 1.807) is 32.1 Å². The molecule has 1 unspecified atom stereocenters. The first-order valence-electron chi connectivity index (χ1n) is 5.90. The Balaban J connectivity index is 1.55. The van der Waals surface area contributed by atoms with Crippen LogP contribution in [0.2, 0.25) is 0 Å². The molecule has 12 heavy (non-hydrogen) atoms. The van der Waals surface area contributed by atoms with E-state index in [1.807, 2.05) is 0 Å². The first kappa shape index (κ1) is 8.59. The first-order chi connectivity index (χ1) is 5.90. The molecule has 0 heteroatoms. The summed E-state index contributed by atoms with van der Waals surface area (Å²) in [5.41, 5.74) is 0. The van der Waals surface area contributed by atoms with E-state index in [0.717, 1.165) is 17.8 Å². The van der Waals surface area contributed by atoms with Crippen LogP contribution in [0.1, 0.15) is 58.3 Å². The van der Waals surface area contributed by atoms with Gasteiger partial charge < -0.3 is 0 Å².